The molecule has 0 unspecified atom stereocenters. The Balaban J connectivity index is 1.95. The topological polar surface area (TPSA) is 54.9 Å². The fraction of sp³-hybridized carbons (Fsp3) is 0.214. The zero-order valence-corrected chi connectivity index (χ0v) is 12.3. The molecule has 4 nitrogen and oxygen atoms in total. The minimum atomic E-state index is -0.567. The first-order chi connectivity index (χ1) is 9.54. The maximum atomic E-state index is 11.9. The van der Waals surface area contributed by atoms with Crippen molar-refractivity contribution in [2.45, 2.75) is 18.2 Å². The zero-order chi connectivity index (χ0) is 14.5. The molecule has 0 atom stereocenters. The maximum Gasteiger partial charge on any atom is 0.230 e. The summed E-state index contributed by atoms with van der Waals surface area (Å²) >= 11 is 11.5. The van der Waals surface area contributed by atoms with Crippen LogP contribution in [0, 0.1) is 6.92 Å². The van der Waals surface area contributed by atoms with Crippen molar-refractivity contribution in [2.75, 3.05) is 5.32 Å². The van der Waals surface area contributed by atoms with Crippen molar-refractivity contribution in [1.82, 2.24) is 10.2 Å². The van der Waals surface area contributed by atoms with Crippen LogP contribution >= 0.6 is 23.2 Å². The Morgan fingerprint density at radius 2 is 1.85 bits per heavy atom. The van der Waals surface area contributed by atoms with Gasteiger partial charge in [0.1, 0.15) is 4.84 Å². The predicted molar refractivity (Wildman–Crippen MR) is 80.0 cm³/mol. The van der Waals surface area contributed by atoms with E-state index in [9.17, 15) is 4.79 Å². The van der Waals surface area contributed by atoms with Crippen molar-refractivity contribution >= 4 is 34.8 Å². The van der Waals surface area contributed by atoms with Crippen LogP contribution in [-0.4, -0.2) is 16.1 Å². The largest absolute Gasteiger partial charge is 0.326 e. The first-order valence-electron chi connectivity index (χ1n) is 6.02. The second-order valence-corrected chi connectivity index (χ2v) is 5.41. The lowest BCUT2D eigenvalue weighted by Gasteiger charge is -2.06. The Kier molecular flexibility index (Phi) is 4.93. The summed E-state index contributed by atoms with van der Waals surface area (Å²) in [5.74, 6) is -0.149. The third-order valence-electron chi connectivity index (χ3n) is 2.64. The summed E-state index contributed by atoms with van der Waals surface area (Å²) in [6.07, 6.45) is 0.183. The molecule has 0 saturated heterocycles. The van der Waals surface area contributed by atoms with E-state index in [-0.39, 0.29) is 12.3 Å². The third-order valence-corrected chi connectivity index (χ3v) is 3.15. The van der Waals surface area contributed by atoms with E-state index < -0.39 is 4.84 Å². The predicted octanol–water partition coefficient (Wildman–Crippen LogP) is 3.44. The number of aryl methyl sites for hydroxylation is 1. The zero-order valence-electron chi connectivity index (χ0n) is 10.8. The van der Waals surface area contributed by atoms with Crippen molar-refractivity contribution in [3.05, 3.63) is 53.3 Å². The summed E-state index contributed by atoms with van der Waals surface area (Å²) in [5, 5.41) is 10.6. The number of nitrogens with one attached hydrogen (secondary N) is 1. The summed E-state index contributed by atoms with van der Waals surface area (Å²) < 4.78 is 0. The van der Waals surface area contributed by atoms with E-state index in [0.717, 1.165) is 11.3 Å². The van der Waals surface area contributed by atoms with Crippen molar-refractivity contribution in [2.24, 2.45) is 0 Å². The van der Waals surface area contributed by atoms with Crippen molar-refractivity contribution in [3.8, 4) is 0 Å². The lowest BCUT2D eigenvalue weighted by atomic mass is 10.2. The minimum absolute atomic E-state index is 0.149. The van der Waals surface area contributed by atoms with Gasteiger partial charge in [0.25, 0.3) is 0 Å². The average Bonchev–Trinajstić information content (AvgIpc) is 2.42. The molecule has 0 spiro atoms. The van der Waals surface area contributed by atoms with Gasteiger partial charge in [0.15, 0.2) is 0 Å². The molecular formula is C14H13Cl2N3O. The first kappa shape index (κ1) is 14.8. The second-order valence-electron chi connectivity index (χ2n) is 4.31. The highest BCUT2D eigenvalue weighted by Crippen LogP contribution is 2.25. The molecule has 2 aromatic rings. The summed E-state index contributed by atoms with van der Waals surface area (Å²) in [5.41, 5.74) is 2.93. The van der Waals surface area contributed by atoms with E-state index in [0.29, 0.717) is 11.4 Å². The molecule has 1 aromatic carbocycles. The fourth-order valence-electron chi connectivity index (χ4n) is 1.60. The number of nitrogens with zero attached hydrogens (tertiary/aromatic N) is 2. The molecule has 0 saturated carbocycles. The minimum Gasteiger partial charge on any atom is -0.326 e. The molecule has 0 fully saturated rings. The molecule has 2 rings (SSSR count). The molecule has 104 valence electrons. The normalized spacial score (nSPS) is 10.6. The molecule has 20 heavy (non-hydrogen) atoms. The highest BCUT2D eigenvalue weighted by molar-refractivity contribution is 6.44. The Morgan fingerprint density at radius 1 is 1.15 bits per heavy atom. The number of hydrogen-bond acceptors (Lipinski definition) is 3. The van der Waals surface area contributed by atoms with Crippen LogP contribution in [0.5, 0.6) is 0 Å². The fourth-order valence-corrected chi connectivity index (χ4v) is 1.89. The first-order valence-corrected chi connectivity index (χ1v) is 6.89. The Bertz CT molecular complexity index is 582. The molecule has 0 aliphatic heterocycles. The monoisotopic (exact) mass is 309 g/mol. The molecule has 1 aromatic heterocycles. The number of benzene rings is 1. The average molecular weight is 310 g/mol. The van der Waals surface area contributed by atoms with Gasteiger partial charge >= 0.3 is 0 Å². The number of carbonyl (C=O) groups is 1. The number of hydrogen-bond donors (Lipinski definition) is 1. The van der Waals surface area contributed by atoms with E-state index >= 15 is 0 Å². The smallest absolute Gasteiger partial charge is 0.230 e. The number of amides is 1. The molecule has 0 aliphatic carbocycles. The van der Waals surface area contributed by atoms with Crippen LogP contribution in [0.25, 0.3) is 0 Å². The van der Waals surface area contributed by atoms with Gasteiger partial charge in [-0.25, -0.2) is 0 Å². The van der Waals surface area contributed by atoms with Crippen LogP contribution in [0.2, 0.25) is 0 Å². The van der Waals surface area contributed by atoms with E-state index in [1.807, 2.05) is 13.0 Å². The number of carbonyl (C=O) groups excluding carboxylic acids is 1. The quantitative estimate of drug-likeness (QED) is 0.880. The molecule has 6 heteroatoms. The van der Waals surface area contributed by atoms with Crippen LogP contribution in [0.3, 0.4) is 0 Å². The SMILES string of the molecule is Cc1ccc(CC(=O)Nc2ccc(C(Cl)Cl)cc2)nn1. The van der Waals surface area contributed by atoms with Gasteiger partial charge in [-0.3, -0.25) is 4.79 Å². The van der Waals surface area contributed by atoms with E-state index in [1.165, 1.54) is 0 Å². The molecule has 1 N–H and O–H groups in total. The van der Waals surface area contributed by atoms with E-state index in [1.54, 1.807) is 30.3 Å². The molecule has 0 radical (unpaired) electrons. The lowest BCUT2D eigenvalue weighted by Crippen LogP contribution is -2.15. The number of aromatic nitrogens is 2. The van der Waals surface area contributed by atoms with Crippen molar-refractivity contribution in [1.29, 1.82) is 0 Å². The maximum absolute atomic E-state index is 11.9. The van der Waals surface area contributed by atoms with Gasteiger partial charge in [-0.2, -0.15) is 10.2 Å². The molecule has 1 heterocycles. The number of rotatable bonds is 4. The Labute approximate surface area is 127 Å². The molecular weight excluding hydrogens is 297 g/mol. The van der Waals surface area contributed by atoms with E-state index in [2.05, 4.69) is 15.5 Å². The van der Waals surface area contributed by atoms with Crippen LogP contribution < -0.4 is 5.32 Å². The lowest BCUT2D eigenvalue weighted by molar-refractivity contribution is -0.115. The summed E-state index contributed by atoms with van der Waals surface area (Å²) in [4.78, 5) is 11.3. The van der Waals surface area contributed by atoms with Crippen LogP contribution in [0.4, 0.5) is 5.69 Å². The van der Waals surface area contributed by atoms with Crippen LogP contribution in [0.15, 0.2) is 36.4 Å². The van der Waals surface area contributed by atoms with Gasteiger partial charge in [-0.1, -0.05) is 12.1 Å². The molecule has 0 bridgehead atoms. The summed E-state index contributed by atoms with van der Waals surface area (Å²) in [6.45, 7) is 1.85. The standard InChI is InChI=1S/C14H13Cl2N3O/c1-9-2-5-12(19-18-9)8-13(20)17-11-6-3-10(4-7-11)14(15)16/h2-7,14H,8H2,1H3,(H,17,20). The number of halogens is 2. The highest BCUT2D eigenvalue weighted by atomic mass is 35.5. The number of anilines is 1. The summed E-state index contributed by atoms with van der Waals surface area (Å²) in [7, 11) is 0. The third kappa shape index (κ3) is 4.18. The van der Waals surface area contributed by atoms with Crippen LogP contribution in [-0.2, 0) is 11.2 Å². The van der Waals surface area contributed by atoms with Crippen LogP contribution in [0.1, 0.15) is 21.8 Å². The van der Waals surface area contributed by atoms with Gasteiger partial charge in [-0.15, -0.1) is 23.2 Å². The van der Waals surface area contributed by atoms with Crippen molar-refractivity contribution in [3.63, 3.8) is 0 Å². The van der Waals surface area contributed by atoms with Gasteiger partial charge in [0.05, 0.1) is 17.8 Å². The van der Waals surface area contributed by atoms with Crippen molar-refractivity contribution < 1.29 is 4.79 Å². The second kappa shape index (κ2) is 6.68. The summed E-state index contributed by atoms with van der Waals surface area (Å²) in [6, 6.07) is 10.7. The highest BCUT2D eigenvalue weighted by Gasteiger charge is 2.07. The molecule has 1 amide bonds. The Morgan fingerprint density at radius 3 is 2.40 bits per heavy atom. The van der Waals surface area contributed by atoms with E-state index in [4.69, 9.17) is 23.2 Å². The van der Waals surface area contributed by atoms with Gasteiger partial charge in [0, 0.05) is 5.69 Å². The van der Waals surface area contributed by atoms with Gasteiger partial charge < -0.3 is 5.32 Å². The van der Waals surface area contributed by atoms with Gasteiger partial charge in [-0.05, 0) is 36.8 Å². The van der Waals surface area contributed by atoms with Gasteiger partial charge in [0.2, 0.25) is 5.91 Å². The number of alkyl halides is 2. The molecule has 0 aliphatic rings. The Hall–Kier alpha value is -1.65.